The van der Waals surface area contributed by atoms with Gasteiger partial charge < -0.3 is 4.74 Å². The molecule has 0 aliphatic heterocycles. The van der Waals surface area contributed by atoms with Crippen LogP contribution in [0.3, 0.4) is 0 Å². The Kier molecular flexibility index (Phi) is 5.04. The van der Waals surface area contributed by atoms with Crippen LogP contribution in [0.2, 0.25) is 0 Å². The molecule has 0 bridgehead atoms. The molecule has 0 saturated carbocycles. The number of carbonyl (C=O) groups excluding carboxylic acids is 1. The monoisotopic (exact) mass is 340 g/mol. The van der Waals surface area contributed by atoms with Gasteiger partial charge in [0.25, 0.3) is 0 Å². The Hall–Kier alpha value is -1.27. The van der Waals surface area contributed by atoms with E-state index < -0.39 is 0 Å². The van der Waals surface area contributed by atoms with Crippen molar-refractivity contribution >= 4 is 33.2 Å². The topological polar surface area (TPSA) is 52.1 Å². The van der Waals surface area contributed by atoms with E-state index in [1.807, 2.05) is 17.5 Å². The lowest BCUT2D eigenvalue weighted by molar-refractivity contribution is -0.143. The fourth-order valence-corrected chi connectivity index (χ4v) is 2.97. The number of esters is 1. The van der Waals surface area contributed by atoms with Gasteiger partial charge >= 0.3 is 5.97 Å². The summed E-state index contributed by atoms with van der Waals surface area (Å²) in [7, 11) is 0. The highest BCUT2D eigenvalue weighted by Crippen LogP contribution is 2.28. The zero-order chi connectivity index (χ0) is 13.7. The van der Waals surface area contributed by atoms with Crippen molar-refractivity contribution in [3.8, 4) is 10.7 Å². The molecule has 0 spiro atoms. The van der Waals surface area contributed by atoms with Crippen molar-refractivity contribution in [2.24, 2.45) is 0 Å². The standard InChI is InChI=1S/C13H13BrN2O2S/c1-2-18-11(17)6-5-9-8-19-13(16-9)12-10(14)4-3-7-15-12/h3-4,7-8H,2,5-6H2,1H3. The van der Waals surface area contributed by atoms with Crippen LogP contribution in [0.25, 0.3) is 10.7 Å². The van der Waals surface area contributed by atoms with Gasteiger partial charge in [-0.25, -0.2) is 4.98 Å². The van der Waals surface area contributed by atoms with E-state index in [-0.39, 0.29) is 5.97 Å². The maximum Gasteiger partial charge on any atom is 0.306 e. The Morgan fingerprint density at radius 3 is 3.11 bits per heavy atom. The maximum absolute atomic E-state index is 11.3. The van der Waals surface area contributed by atoms with E-state index in [1.54, 1.807) is 13.1 Å². The third-order valence-electron chi connectivity index (χ3n) is 2.40. The fourth-order valence-electron chi connectivity index (χ4n) is 1.54. The summed E-state index contributed by atoms with van der Waals surface area (Å²) in [5, 5.41) is 2.81. The summed E-state index contributed by atoms with van der Waals surface area (Å²) < 4.78 is 5.81. The van der Waals surface area contributed by atoms with Gasteiger partial charge in [0.15, 0.2) is 0 Å². The molecule has 2 aromatic heterocycles. The number of hydrogen-bond acceptors (Lipinski definition) is 5. The van der Waals surface area contributed by atoms with Gasteiger partial charge in [-0.2, -0.15) is 0 Å². The van der Waals surface area contributed by atoms with E-state index >= 15 is 0 Å². The largest absolute Gasteiger partial charge is 0.466 e. The molecule has 0 saturated heterocycles. The van der Waals surface area contributed by atoms with Gasteiger partial charge in [0.2, 0.25) is 0 Å². The summed E-state index contributed by atoms with van der Waals surface area (Å²) in [6.45, 7) is 2.22. The second-order valence-electron chi connectivity index (χ2n) is 3.78. The number of ether oxygens (including phenoxy) is 1. The average Bonchev–Trinajstić information content (AvgIpc) is 2.86. The molecule has 0 aliphatic carbocycles. The predicted molar refractivity (Wildman–Crippen MR) is 78.0 cm³/mol. The minimum absolute atomic E-state index is 0.184. The predicted octanol–water partition coefficient (Wildman–Crippen LogP) is 3.46. The smallest absolute Gasteiger partial charge is 0.306 e. The van der Waals surface area contributed by atoms with E-state index in [2.05, 4.69) is 25.9 Å². The third-order valence-corrected chi connectivity index (χ3v) is 3.94. The number of rotatable bonds is 5. The lowest BCUT2D eigenvalue weighted by Gasteiger charge is -1.99. The van der Waals surface area contributed by atoms with Crippen LogP contribution >= 0.6 is 27.3 Å². The molecule has 0 aromatic carbocycles. The second kappa shape index (κ2) is 6.77. The molecular weight excluding hydrogens is 328 g/mol. The average molecular weight is 341 g/mol. The van der Waals surface area contributed by atoms with Gasteiger partial charge in [0.05, 0.1) is 18.7 Å². The Labute approximate surface area is 124 Å². The van der Waals surface area contributed by atoms with Crippen molar-refractivity contribution in [2.75, 3.05) is 6.61 Å². The minimum atomic E-state index is -0.184. The maximum atomic E-state index is 11.3. The van der Waals surface area contributed by atoms with Crippen molar-refractivity contribution in [1.29, 1.82) is 0 Å². The molecule has 4 nitrogen and oxygen atoms in total. The van der Waals surface area contributed by atoms with Crippen molar-refractivity contribution in [3.05, 3.63) is 33.9 Å². The molecule has 2 aromatic rings. The second-order valence-corrected chi connectivity index (χ2v) is 5.50. The van der Waals surface area contributed by atoms with Gasteiger partial charge in [0.1, 0.15) is 10.7 Å². The molecule has 6 heteroatoms. The number of pyridine rings is 1. The summed E-state index contributed by atoms with van der Waals surface area (Å²) in [5.74, 6) is -0.184. The summed E-state index contributed by atoms with van der Waals surface area (Å²) in [5.41, 5.74) is 1.72. The molecule has 0 amide bonds. The number of hydrogen-bond donors (Lipinski definition) is 0. The Morgan fingerprint density at radius 1 is 1.53 bits per heavy atom. The van der Waals surface area contributed by atoms with Crippen LogP contribution in [0, 0.1) is 0 Å². The van der Waals surface area contributed by atoms with E-state index in [0.29, 0.717) is 19.4 Å². The normalized spacial score (nSPS) is 10.4. The van der Waals surface area contributed by atoms with Crippen LogP contribution in [-0.2, 0) is 16.0 Å². The summed E-state index contributed by atoms with van der Waals surface area (Å²) in [6.07, 6.45) is 2.69. The first-order chi connectivity index (χ1) is 9.20. The first-order valence-electron chi connectivity index (χ1n) is 5.91. The quantitative estimate of drug-likeness (QED) is 0.782. The van der Waals surface area contributed by atoms with Crippen molar-refractivity contribution in [1.82, 2.24) is 9.97 Å². The molecule has 19 heavy (non-hydrogen) atoms. The van der Waals surface area contributed by atoms with Crippen molar-refractivity contribution < 1.29 is 9.53 Å². The molecule has 0 aliphatic rings. The SMILES string of the molecule is CCOC(=O)CCc1csc(-c2ncccc2Br)n1. The lowest BCUT2D eigenvalue weighted by atomic mass is 10.2. The number of aromatic nitrogens is 2. The Bertz CT molecular complexity index is 571. The van der Waals surface area contributed by atoms with E-state index in [0.717, 1.165) is 20.9 Å². The van der Waals surface area contributed by atoms with Crippen molar-refractivity contribution in [3.63, 3.8) is 0 Å². The Morgan fingerprint density at radius 2 is 2.37 bits per heavy atom. The highest BCUT2D eigenvalue weighted by atomic mass is 79.9. The zero-order valence-corrected chi connectivity index (χ0v) is 12.8. The van der Waals surface area contributed by atoms with E-state index in [1.165, 1.54) is 11.3 Å². The van der Waals surface area contributed by atoms with Crippen LogP contribution in [0.5, 0.6) is 0 Å². The fraction of sp³-hybridized carbons (Fsp3) is 0.308. The molecule has 0 atom stereocenters. The van der Waals surface area contributed by atoms with Crippen LogP contribution in [0.4, 0.5) is 0 Å². The van der Waals surface area contributed by atoms with Gasteiger partial charge in [-0.1, -0.05) is 0 Å². The van der Waals surface area contributed by atoms with E-state index in [9.17, 15) is 4.79 Å². The Balaban J connectivity index is 2.04. The first kappa shape index (κ1) is 14.1. The molecule has 100 valence electrons. The number of thiazole rings is 1. The number of halogens is 1. The number of aryl methyl sites for hydroxylation is 1. The molecular formula is C13H13BrN2O2S. The molecule has 2 rings (SSSR count). The molecule has 0 fully saturated rings. The van der Waals surface area contributed by atoms with Crippen molar-refractivity contribution in [2.45, 2.75) is 19.8 Å². The van der Waals surface area contributed by atoms with Gasteiger partial charge in [-0.05, 0) is 35.0 Å². The minimum Gasteiger partial charge on any atom is -0.466 e. The van der Waals surface area contributed by atoms with E-state index in [4.69, 9.17) is 4.74 Å². The van der Waals surface area contributed by atoms with Gasteiger partial charge in [-0.3, -0.25) is 9.78 Å². The van der Waals surface area contributed by atoms with Gasteiger partial charge in [-0.15, -0.1) is 11.3 Å². The third kappa shape index (κ3) is 3.84. The molecule has 0 N–H and O–H groups in total. The zero-order valence-electron chi connectivity index (χ0n) is 10.4. The molecule has 0 unspecified atom stereocenters. The number of carbonyl (C=O) groups is 1. The summed E-state index contributed by atoms with van der Waals surface area (Å²) >= 11 is 4.98. The van der Waals surface area contributed by atoms with Crippen LogP contribution in [0.1, 0.15) is 19.0 Å². The lowest BCUT2D eigenvalue weighted by Crippen LogP contribution is -2.05. The first-order valence-corrected chi connectivity index (χ1v) is 7.59. The number of nitrogens with zero attached hydrogens (tertiary/aromatic N) is 2. The van der Waals surface area contributed by atoms with Gasteiger partial charge in [0, 0.05) is 22.5 Å². The van der Waals surface area contributed by atoms with Crippen LogP contribution in [0.15, 0.2) is 28.2 Å². The highest BCUT2D eigenvalue weighted by molar-refractivity contribution is 9.10. The summed E-state index contributed by atoms with van der Waals surface area (Å²) in [4.78, 5) is 20.1. The highest BCUT2D eigenvalue weighted by Gasteiger charge is 2.10. The summed E-state index contributed by atoms with van der Waals surface area (Å²) in [6, 6.07) is 3.80. The van der Waals surface area contributed by atoms with Crippen LogP contribution < -0.4 is 0 Å². The molecule has 2 heterocycles. The van der Waals surface area contributed by atoms with Crippen LogP contribution in [-0.4, -0.2) is 22.5 Å². The molecule has 0 radical (unpaired) electrons.